The molecule has 0 amide bonds. The van der Waals surface area contributed by atoms with E-state index >= 15 is 0 Å². The summed E-state index contributed by atoms with van der Waals surface area (Å²) in [5.41, 5.74) is 0.940. The molecule has 1 aliphatic rings. The van der Waals surface area contributed by atoms with Crippen molar-refractivity contribution in [3.8, 4) is 0 Å². The fourth-order valence-electron chi connectivity index (χ4n) is 2.73. The summed E-state index contributed by atoms with van der Waals surface area (Å²) in [4.78, 5) is 13.7. The largest absolute Gasteiger partial charge is 0.370 e. The first-order valence-corrected chi connectivity index (χ1v) is 9.80. The number of halogens is 1. The number of hydrogen-bond donors (Lipinski definition) is 0. The molecule has 0 atom stereocenters. The van der Waals surface area contributed by atoms with E-state index in [1.54, 1.807) is 12.1 Å². The van der Waals surface area contributed by atoms with Gasteiger partial charge in [0.25, 0.3) is 5.24 Å². The SMILES string of the molecule is CCCCS(=O)(=O)c1cc(C(=O)Cl)ccc1N1CCCCC1. The van der Waals surface area contributed by atoms with Crippen LogP contribution in [0, 0.1) is 0 Å². The third-order valence-corrected chi connectivity index (χ3v) is 6.03. The molecule has 1 heterocycles. The van der Waals surface area contributed by atoms with Crippen LogP contribution in [0.15, 0.2) is 23.1 Å². The van der Waals surface area contributed by atoms with E-state index < -0.39 is 15.1 Å². The highest BCUT2D eigenvalue weighted by Crippen LogP contribution is 2.30. The first-order valence-electron chi connectivity index (χ1n) is 7.77. The van der Waals surface area contributed by atoms with Crippen molar-refractivity contribution in [3.63, 3.8) is 0 Å². The van der Waals surface area contributed by atoms with Gasteiger partial charge in [0.05, 0.1) is 16.3 Å². The molecule has 6 heteroatoms. The molecule has 1 saturated heterocycles. The summed E-state index contributed by atoms with van der Waals surface area (Å²) in [6.45, 7) is 3.66. The zero-order chi connectivity index (χ0) is 16.2. The highest BCUT2D eigenvalue weighted by atomic mass is 35.5. The number of hydrogen-bond acceptors (Lipinski definition) is 4. The van der Waals surface area contributed by atoms with E-state index in [1.807, 2.05) is 6.92 Å². The molecule has 0 aliphatic carbocycles. The number of piperidine rings is 1. The lowest BCUT2D eigenvalue weighted by Gasteiger charge is -2.30. The molecular weight excluding hydrogens is 322 g/mol. The Balaban J connectivity index is 2.46. The summed E-state index contributed by atoms with van der Waals surface area (Å²) >= 11 is 5.52. The van der Waals surface area contributed by atoms with Crippen LogP contribution in [0.25, 0.3) is 0 Å². The number of anilines is 1. The monoisotopic (exact) mass is 343 g/mol. The molecule has 0 radical (unpaired) electrons. The third kappa shape index (κ3) is 4.02. The van der Waals surface area contributed by atoms with Gasteiger partial charge in [-0.2, -0.15) is 0 Å². The minimum Gasteiger partial charge on any atom is -0.370 e. The van der Waals surface area contributed by atoms with E-state index in [1.165, 1.54) is 12.5 Å². The van der Waals surface area contributed by atoms with Crippen LogP contribution in [-0.4, -0.2) is 32.5 Å². The lowest BCUT2D eigenvalue weighted by molar-refractivity contribution is 0.108. The van der Waals surface area contributed by atoms with Gasteiger partial charge in [0, 0.05) is 18.7 Å². The van der Waals surface area contributed by atoms with Crippen molar-refractivity contribution in [3.05, 3.63) is 23.8 Å². The maximum Gasteiger partial charge on any atom is 0.252 e. The molecule has 0 bridgehead atoms. The topological polar surface area (TPSA) is 54.5 Å². The third-order valence-electron chi connectivity index (χ3n) is 3.99. The second-order valence-corrected chi connectivity index (χ2v) is 8.10. The lowest BCUT2D eigenvalue weighted by Crippen LogP contribution is -2.31. The average molecular weight is 344 g/mol. The summed E-state index contributed by atoms with van der Waals surface area (Å²) < 4.78 is 25.3. The standard InChI is InChI=1S/C16H22ClNO3S/c1-2-3-11-22(20,21)15-12-13(16(17)19)7-8-14(15)18-9-5-4-6-10-18/h7-8,12H,2-6,9-11H2,1H3. The molecule has 4 nitrogen and oxygen atoms in total. The van der Waals surface area contributed by atoms with E-state index in [4.69, 9.17) is 11.6 Å². The smallest absolute Gasteiger partial charge is 0.252 e. The molecule has 0 aromatic heterocycles. The predicted octanol–water partition coefficient (Wildman–Crippen LogP) is 3.63. The highest BCUT2D eigenvalue weighted by Gasteiger charge is 2.24. The quantitative estimate of drug-likeness (QED) is 0.740. The van der Waals surface area contributed by atoms with E-state index in [9.17, 15) is 13.2 Å². The summed E-state index contributed by atoms with van der Waals surface area (Å²) in [5, 5.41) is -0.628. The van der Waals surface area contributed by atoms with Crippen LogP contribution in [-0.2, 0) is 9.84 Å². The van der Waals surface area contributed by atoms with E-state index in [0.29, 0.717) is 12.1 Å². The molecule has 22 heavy (non-hydrogen) atoms. The van der Waals surface area contributed by atoms with Gasteiger partial charge in [0.1, 0.15) is 0 Å². The second kappa shape index (κ2) is 7.47. The Hall–Kier alpha value is -1.07. The minimum absolute atomic E-state index is 0.101. The van der Waals surface area contributed by atoms with Crippen molar-refractivity contribution in [2.24, 2.45) is 0 Å². The molecule has 1 aromatic carbocycles. The number of nitrogens with zero attached hydrogens (tertiary/aromatic N) is 1. The maximum absolute atomic E-state index is 12.6. The highest BCUT2D eigenvalue weighted by molar-refractivity contribution is 7.91. The molecule has 0 spiro atoms. The molecular formula is C16H22ClNO3S. The first kappa shape index (κ1) is 17.3. The van der Waals surface area contributed by atoms with Crippen molar-refractivity contribution < 1.29 is 13.2 Å². The average Bonchev–Trinajstić information content (AvgIpc) is 2.53. The molecule has 1 aliphatic heterocycles. The van der Waals surface area contributed by atoms with Gasteiger partial charge in [-0.1, -0.05) is 13.3 Å². The summed E-state index contributed by atoms with van der Waals surface area (Å²) in [7, 11) is -3.41. The van der Waals surface area contributed by atoms with E-state index in [0.717, 1.165) is 32.4 Å². The molecule has 0 unspecified atom stereocenters. The Kier molecular flexibility index (Phi) is 5.87. The van der Waals surface area contributed by atoms with Crippen LogP contribution in [0.5, 0.6) is 0 Å². The molecule has 2 rings (SSSR count). The maximum atomic E-state index is 12.6. The zero-order valence-electron chi connectivity index (χ0n) is 12.8. The predicted molar refractivity (Wildman–Crippen MR) is 89.7 cm³/mol. The van der Waals surface area contributed by atoms with Crippen molar-refractivity contribution >= 4 is 32.4 Å². The normalized spacial score (nSPS) is 15.8. The van der Waals surface area contributed by atoms with Crippen LogP contribution < -0.4 is 4.90 Å². The van der Waals surface area contributed by atoms with Gasteiger partial charge in [-0.15, -0.1) is 0 Å². The number of sulfone groups is 1. The van der Waals surface area contributed by atoms with Crippen molar-refractivity contribution in [2.45, 2.75) is 43.9 Å². The number of carbonyl (C=O) groups is 1. The Morgan fingerprint density at radius 2 is 1.91 bits per heavy atom. The fraction of sp³-hybridized carbons (Fsp3) is 0.562. The Morgan fingerprint density at radius 1 is 1.23 bits per heavy atom. The van der Waals surface area contributed by atoms with Gasteiger partial charge in [0.2, 0.25) is 0 Å². The van der Waals surface area contributed by atoms with Crippen LogP contribution in [0.3, 0.4) is 0 Å². The molecule has 1 aromatic rings. The molecule has 0 N–H and O–H groups in total. The number of unbranched alkanes of at least 4 members (excludes halogenated alkanes) is 1. The zero-order valence-corrected chi connectivity index (χ0v) is 14.4. The van der Waals surface area contributed by atoms with Gasteiger partial charge in [-0.25, -0.2) is 8.42 Å². The van der Waals surface area contributed by atoms with Gasteiger partial charge < -0.3 is 4.90 Å². The minimum atomic E-state index is -3.41. The second-order valence-electron chi connectivity index (χ2n) is 5.68. The fourth-order valence-corrected chi connectivity index (χ4v) is 4.55. The van der Waals surface area contributed by atoms with Crippen molar-refractivity contribution in [1.82, 2.24) is 0 Å². The summed E-state index contributed by atoms with van der Waals surface area (Å²) in [6, 6.07) is 4.77. The van der Waals surface area contributed by atoms with Crippen molar-refractivity contribution in [1.29, 1.82) is 0 Å². The summed E-state index contributed by atoms with van der Waals surface area (Å²) in [6.07, 6.45) is 4.72. The van der Waals surface area contributed by atoms with Gasteiger partial charge in [0.15, 0.2) is 9.84 Å². The number of benzene rings is 1. The van der Waals surface area contributed by atoms with Gasteiger partial charge in [-0.05, 0) is 55.5 Å². The molecule has 122 valence electrons. The van der Waals surface area contributed by atoms with Crippen LogP contribution in [0.4, 0.5) is 5.69 Å². The van der Waals surface area contributed by atoms with Crippen LogP contribution in [0.2, 0.25) is 0 Å². The Morgan fingerprint density at radius 3 is 2.50 bits per heavy atom. The first-order chi connectivity index (χ1) is 10.5. The summed E-state index contributed by atoms with van der Waals surface area (Å²) in [5.74, 6) is 0.101. The molecule has 1 fully saturated rings. The number of carbonyl (C=O) groups excluding carboxylic acids is 1. The Bertz CT molecular complexity index is 637. The van der Waals surface area contributed by atoms with Crippen LogP contribution >= 0.6 is 11.6 Å². The Labute approximate surface area is 137 Å². The van der Waals surface area contributed by atoms with Gasteiger partial charge >= 0.3 is 0 Å². The lowest BCUT2D eigenvalue weighted by atomic mass is 10.1. The van der Waals surface area contributed by atoms with Crippen LogP contribution in [0.1, 0.15) is 49.4 Å². The molecule has 0 saturated carbocycles. The van der Waals surface area contributed by atoms with E-state index in [-0.39, 0.29) is 16.2 Å². The van der Waals surface area contributed by atoms with Gasteiger partial charge in [-0.3, -0.25) is 4.79 Å². The van der Waals surface area contributed by atoms with E-state index in [2.05, 4.69) is 4.90 Å². The number of rotatable bonds is 6. The van der Waals surface area contributed by atoms with Crippen molar-refractivity contribution in [2.75, 3.05) is 23.7 Å².